The normalized spacial score (nSPS) is 14.6. The summed E-state index contributed by atoms with van der Waals surface area (Å²) in [6, 6.07) is 13.3. The van der Waals surface area contributed by atoms with E-state index in [9.17, 15) is 5.11 Å². The molecule has 0 radical (unpaired) electrons. The summed E-state index contributed by atoms with van der Waals surface area (Å²) in [5.74, 6) is 0.423. The minimum absolute atomic E-state index is 0.132. The van der Waals surface area contributed by atoms with E-state index in [-0.39, 0.29) is 5.92 Å². The van der Waals surface area contributed by atoms with Gasteiger partial charge in [0.1, 0.15) is 11.9 Å². The predicted molar refractivity (Wildman–Crippen MR) is 61.9 cm³/mol. The second kappa shape index (κ2) is 4.96. The van der Waals surface area contributed by atoms with Gasteiger partial charge in [-0.25, -0.2) is 0 Å². The van der Waals surface area contributed by atoms with Crippen LogP contribution in [0.3, 0.4) is 0 Å². The third kappa shape index (κ3) is 2.15. The summed E-state index contributed by atoms with van der Waals surface area (Å²) in [6.07, 6.45) is 0.860. The molecule has 2 unspecified atom stereocenters. The first-order valence-corrected chi connectivity index (χ1v) is 5.29. The molecule has 0 aliphatic carbocycles. The van der Waals surface area contributed by atoms with Gasteiger partial charge in [0.2, 0.25) is 0 Å². The molecule has 3 nitrogen and oxygen atoms in total. The minimum Gasteiger partial charge on any atom is -0.467 e. The zero-order chi connectivity index (χ0) is 11.4. The number of aliphatic hydroxyl groups excluding tert-OH is 1. The van der Waals surface area contributed by atoms with Gasteiger partial charge < -0.3 is 15.3 Å². The van der Waals surface area contributed by atoms with Crippen molar-refractivity contribution >= 4 is 0 Å². The van der Waals surface area contributed by atoms with Crippen LogP contribution in [0.2, 0.25) is 0 Å². The van der Waals surface area contributed by atoms with Gasteiger partial charge in [-0.1, -0.05) is 30.3 Å². The Kier molecular flexibility index (Phi) is 3.39. The van der Waals surface area contributed by atoms with Gasteiger partial charge in [0.05, 0.1) is 6.26 Å². The fourth-order valence-electron chi connectivity index (χ4n) is 1.81. The Bertz CT molecular complexity index is 411. The predicted octanol–water partition coefficient (Wildman–Crippen LogP) is 2.06. The van der Waals surface area contributed by atoms with E-state index in [2.05, 4.69) is 0 Å². The van der Waals surface area contributed by atoms with Gasteiger partial charge in [0.15, 0.2) is 0 Å². The van der Waals surface area contributed by atoms with E-state index >= 15 is 0 Å². The molecular formula is C13H15NO2. The second-order valence-electron chi connectivity index (χ2n) is 3.71. The largest absolute Gasteiger partial charge is 0.467 e. The maximum atomic E-state index is 10.1. The number of benzene rings is 1. The number of rotatable bonds is 4. The molecule has 0 saturated heterocycles. The van der Waals surface area contributed by atoms with Crippen molar-refractivity contribution in [3.8, 4) is 0 Å². The number of furan rings is 1. The van der Waals surface area contributed by atoms with Crippen molar-refractivity contribution in [2.75, 3.05) is 6.54 Å². The molecule has 1 heterocycles. The third-order valence-corrected chi connectivity index (χ3v) is 2.70. The molecular weight excluding hydrogens is 202 g/mol. The number of nitrogens with two attached hydrogens (primary N) is 1. The maximum absolute atomic E-state index is 10.1. The average Bonchev–Trinajstić information content (AvgIpc) is 2.85. The molecule has 0 spiro atoms. The average molecular weight is 217 g/mol. The number of aliphatic hydroxyl groups is 1. The van der Waals surface area contributed by atoms with Gasteiger partial charge >= 0.3 is 0 Å². The first kappa shape index (κ1) is 10.9. The molecule has 0 saturated carbocycles. The Morgan fingerprint density at radius 1 is 1.12 bits per heavy atom. The molecule has 0 fully saturated rings. The summed E-state index contributed by atoms with van der Waals surface area (Å²) in [6.45, 7) is 0.381. The van der Waals surface area contributed by atoms with Crippen molar-refractivity contribution in [3.63, 3.8) is 0 Å². The molecule has 16 heavy (non-hydrogen) atoms. The fraction of sp³-hybridized carbons (Fsp3) is 0.231. The van der Waals surface area contributed by atoms with E-state index in [0.29, 0.717) is 12.3 Å². The van der Waals surface area contributed by atoms with Crippen LogP contribution in [0.4, 0.5) is 0 Å². The van der Waals surface area contributed by atoms with E-state index in [1.54, 1.807) is 18.4 Å². The fourth-order valence-corrected chi connectivity index (χ4v) is 1.81. The van der Waals surface area contributed by atoms with Crippen molar-refractivity contribution in [2.24, 2.45) is 5.73 Å². The monoisotopic (exact) mass is 217 g/mol. The van der Waals surface area contributed by atoms with Gasteiger partial charge in [-0.15, -0.1) is 0 Å². The Balaban J connectivity index is 2.23. The van der Waals surface area contributed by atoms with Gasteiger partial charge in [-0.3, -0.25) is 0 Å². The maximum Gasteiger partial charge on any atom is 0.132 e. The molecule has 1 aromatic carbocycles. The van der Waals surface area contributed by atoms with Gasteiger partial charge in [-0.05, 0) is 17.7 Å². The van der Waals surface area contributed by atoms with E-state index in [1.807, 2.05) is 30.3 Å². The van der Waals surface area contributed by atoms with Crippen molar-refractivity contribution < 1.29 is 9.52 Å². The van der Waals surface area contributed by atoms with Crippen molar-refractivity contribution in [3.05, 3.63) is 60.1 Å². The molecule has 84 valence electrons. The van der Waals surface area contributed by atoms with Crippen LogP contribution in [0, 0.1) is 0 Å². The zero-order valence-corrected chi connectivity index (χ0v) is 8.91. The summed E-state index contributed by atoms with van der Waals surface area (Å²) in [5, 5.41) is 10.1. The van der Waals surface area contributed by atoms with E-state index in [4.69, 9.17) is 10.2 Å². The number of hydrogen-bond donors (Lipinski definition) is 2. The summed E-state index contributed by atoms with van der Waals surface area (Å²) >= 11 is 0. The SMILES string of the molecule is NCC(c1ccccc1)C(O)c1ccco1. The first-order valence-electron chi connectivity index (χ1n) is 5.29. The summed E-state index contributed by atoms with van der Waals surface area (Å²) in [7, 11) is 0. The highest BCUT2D eigenvalue weighted by atomic mass is 16.4. The van der Waals surface area contributed by atoms with Crippen LogP contribution in [0.15, 0.2) is 53.1 Å². The van der Waals surface area contributed by atoms with E-state index in [0.717, 1.165) is 5.56 Å². The second-order valence-corrected chi connectivity index (χ2v) is 3.71. The van der Waals surface area contributed by atoms with Crippen LogP contribution >= 0.6 is 0 Å². The molecule has 3 heteroatoms. The molecule has 2 atom stereocenters. The lowest BCUT2D eigenvalue weighted by molar-refractivity contribution is 0.122. The summed E-state index contributed by atoms with van der Waals surface area (Å²) in [5.41, 5.74) is 6.73. The molecule has 0 aliphatic heterocycles. The van der Waals surface area contributed by atoms with E-state index in [1.165, 1.54) is 0 Å². The van der Waals surface area contributed by atoms with Gasteiger partial charge in [0, 0.05) is 12.5 Å². The Morgan fingerprint density at radius 2 is 1.88 bits per heavy atom. The van der Waals surface area contributed by atoms with E-state index < -0.39 is 6.10 Å². The highest BCUT2D eigenvalue weighted by Crippen LogP contribution is 2.29. The Labute approximate surface area is 94.5 Å². The van der Waals surface area contributed by atoms with Crippen LogP contribution in [0.5, 0.6) is 0 Å². The van der Waals surface area contributed by atoms with Crippen molar-refractivity contribution in [2.45, 2.75) is 12.0 Å². The standard InChI is InChI=1S/C13H15NO2/c14-9-11(10-5-2-1-3-6-10)13(15)12-7-4-8-16-12/h1-8,11,13,15H,9,14H2. The summed E-state index contributed by atoms with van der Waals surface area (Å²) in [4.78, 5) is 0. The Hall–Kier alpha value is -1.58. The van der Waals surface area contributed by atoms with Gasteiger partial charge in [0.25, 0.3) is 0 Å². The zero-order valence-electron chi connectivity index (χ0n) is 8.91. The topological polar surface area (TPSA) is 59.4 Å². The highest BCUT2D eigenvalue weighted by Gasteiger charge is 2.23. The quantitative estimate of drug-likeness (QED) is 0.824. The van der Waals surface area contributed by atoms with Gasteiger partial charge in [-0.2, -0.15) is 0 Å². The van der Waals surface area contributed by atoms with Crippen LogP contribution in [0.25, 0.3) is 0 Å². The molecule has 3 N–H and O–H groups in total. The minimum atomic E-state index is -0.692. The lowest BCUT2D eigenvalue weighted by Crippen LogP contribution is -2.19. The van der Waals surface area contributed by atoms with Crippen LogP contribution in [0.1, 0.15) is 23.3 Å². The highest BCUT2D eigenvalue weighted by molar-refractivity contribution is 5.23. The van der Waals surface area contributed by atoms with Crippen LogP contribution < -0.4 is 5.73 Å². The molecule has 0 aliphatic rings. The molecule has 1 aromatic heterocycles. The first-order chi connectivity index (χ1) is 7.83. The lowest BCUT2D eigenvalue weighted by atomic mass is 9.92. The molecule has 0 bridgehead atoms. The third-order valence-electron chi connectivity index (χ3n) is 2.70. The van der Waals surface area contributed by atoms with Crippen molar-refractivity contribution in [1.29, 1.82) is 0 Å². The molecule has 2 aromatic rings. The smallest absolute Gasteiger partial charge is 0.132 e. The summed E-state index contributed by atoms with van der Waals surface area (Å²) < 4.78 is 5.19. The van der Waals surface area contributed by atoms with Crippen LogP contribution in [-0.4, -0.2) is 11.7 Å². The molecule has 2 rings (SSSR count). The molecule has 0 amide bonds. The Morgan fingerprint density at radius 3 is 2.44 bits per heavy atom. The lowest BCUT2D eigenvalue weighted by Gasteiger charge is -2.20. The van der Waals surface area contributed by atoms with Crippen LogP contribution in [-0.2, 0) is 0 Å². The van der Waals surface area contributed by atoms with Crippen molar-refractivity contribution in [1.82, 2.24) is 0 Å². The number of hydrogen-bond acceptors (Lipinski definition) is 3.